The van der Waals surface area contributed by atoms with E-state index in [0.29, 0.717) is 25.1 Å². The lowest BCUT2D eigenvalue weighted by atomic mass is 9.96. The summed E-state index contributed by atoms with van der Waals surface area (Å²) in [6.45, 7) is 8.75. The van der Waals surface area contributed by atoms with Crippen LogP contribution in [0.5, 0.6) is 0 Å². The van der Waals surface area contributed by atoms with Gasteiger partial charge in [0.1, 0.15) is 11.6 Å². The molecule has 2 nitrogen and oxygen atoms in total. The van der Waals surface area contributed by atoms with Crippen LogP contribution in [0.15, 0.2) is 12.1 Å². The summed E-state index contributed by atoms with van der Waals surface area (Å²) >= 11 is 0. The average molecular weight is 285 g/mol. The van der Waals surface area contributed by atoms with Crippen molar-refractivity contribution in [3.05, 3.63) is 34.9 Å². The number of aryl methyl sites for hydroxylation is 1. The summed E-state index contributed by atoms with van der Waals surface area (Å²) < 4.78 is 34.1. The predicted octanol–water partition coefficient (Wildman–Crippen LogP) is 4.13. The summed E-state index contributed by atoms with van der Waals surface area (Å²) in [4.78, 5) is 0. The number of ether oxygens (including phenoxy) is 1. The lowest BCUT2D eigenvalue weighted by Crippen LogP contribution is -2.35. The van der Waals surface area contributed by atoms with E-state index < -0.39 is 17.7 Å². The molecule has 0 fully saturated rings. The second-order valence-corrected chi connectivity index (χ2v) is 4.93. The maximum Gasteiger partial charge on any atom is 0.133 e. The summed E-state index contributed by atoms with van der Waals surface area (Å²) in [5.74, 6) is -0.989. The molecule has 1 aromatic rings. The number of hydrogen-bond acceptors (Lipinski definition) is 2. The third-order valence-corrected chi connectivity index (χ3v) is 3.40. The Morgan fingerprint density at radius 2 is 1.90 bits per heavy atom. The minimum atomic E-state index is -0.514. The topological polar surface area (TPSA) is 21.3 Å². The van der Waals surface area contributed by atoms with Crippen LogP contribution in [-0.2, 0) is 4.74 Å². The summed E-state index contributed by atoms with van der Waals surface area (Å²) in [6.07, 6.45) is 1.35. The van der Waals surface area contributed by atoms with Gasteiger partial charge in [-0.1, -0.05) is 19.9 Å². The van der Waals surface area contributed by atoms with Gasteiger partial charge in [-0.15, -0.1) is 0 Å². The molecule has 2 atom stereocenters. The zero-order valence-electron chi connectivity index (χ0n) is 12.8. The van der Waals surface area contributed by atoms with Gasteiger partial charge in [-0.25, -0.2) is 8.78 Å². The molecule has 0 saturated heterocycles. The van der Waals surface area contributed by atoms with Crippen molar-refractivity contribution in [2.24, 2.45) is 0 Å². The molecule has 0 aliphatic rings. The van der Waals surface area contributed by atoms with Gasteiger partial charge >= 0.3 is 0 Å². The van der Waals surface area contributed by atoms with E-state index in [0.717, 1.165) is 6.42 Å². The van der Waals surface area contributed by atoms with Crippen molar-refractivity contribution in [1.82, 2.24) is 5.32 Å². The third kappa shape index (κ3) is 4.00. The van der Waals surface area contributed by atoms with Crippen molar-refractivity contribution in [2.45, 2.75) is 52.7 Å². The Kier molecular flexibility index (Phi) is 7.10. The normalized spacial score (nSPS) is 14.3. The summed E-state index contributed by atoms with van der Waals surface area (Å²) in [7, 11) is 0. The van der Waals surface area contributed by atoms with Gasteiger partial charge in [-0.2, -0.15) is 0 Å². The summed E-state index contributed by atoms with van der Waals surface area (Å²) in [5.41, 5.74) is 0.551. The van der Waals surface area contributed by atoms with Crippen molar-refractivity contribution in [2.75, 3.05) is 13.2 Å². The first kappa shape index (κ1) is 17.1. The molecule has 4 heteroatoms. The Morgan fingerprint density at radius 1 is 1.20 bits per heavy atom. The molecule has 1 rings (SSSR count). The van der Waals surface area contributed by atoms with Gasteiger partial charge in [-0.3, -0.25) is 0 Å². The van der Waals surface area contributed by atoms with Gasteiger partial charge in [0.25, 0.3) is 0 Å². The van der Waals surface area contributed by atoms with E-state index in [9.17, 15) is 8.78 Å². The van der Waals surface area contributed by atoms with E-state index in [1.165, 1.54) is 12.1 Å². The van der Waals surface area contributed by atoms with Crippen molar-refractivity contribution in [3.8, 4) is 0 Å². The zero-order chi connectivity index (χ0) is 15.1. The highest BCUT2D eigenvalue weighted by molar-refractivity contribution is 5.30. The van der Waals surface area contributed by atoms with Gasteiger partial charge < -0.3 is 10.1 Å². The largest absolute Gasteiger partial charge is 0.377 e. The quantitative estimate of drug-likeness (QED) is 0.775. The highest BCUT2D eigenvalue weighted by atomic mass is 19.1. The van der Waals surface area contributed by atoms with Crippen LogP contribution >= 0.6 is 0 Å². The first-order chi connectivity index (χ1) is 9.56. The van der Waals surface area contributed by atoms with Crippen molar-refractivity contribution >= 4 is 0 Å². The van der Waals surface area contributed by atoms with Crippen LogP contribution in [0.2, 0.25) is 0 Å². The average Bonchev–Trinajstić information content (AvgIpc) is 2.44. The Balaban J connectivity index is 3.18. The minimum Gasteiger partial charge on any atom is -0.377 e. The third-order valence-electron chi connectivity index (χ3n) is 3.40. The fourth-order valence-electron chi connectivity index (χ4n) is 2.35. The van der Waals surface area contributed by atoms with Crippen LogP contribution in [-0.4, -0.2) is 19.3 Å². The first-order valence-corrected chi connectivity index (χ1v) is 7.36. The lowest BCUT2D eigenvalue weighted by Gasteiger charge is -2.28. The van der Waals surface area contributed by atoms with Crippen LogP contribution in [0.1, 0.15) is 50.8 Å². The summed E-state index contributed by atoms with van der Waals surface area (Å²) in [5, 5.41) is 3.23. The molecule has 1 aromatic carbocycles. The smallest absolute Gasteiger partial charge is 0.133 e. The molecule has 0 amide bonds. The molecular formula is C16H25F2NO. The van der Waals surface area contributed by atoms with Crippen molar-refractivity contribution in [3.63, 3.8) is 0 Å². The molecule has 0 spiro atoms. The number of nitrogens with one attached hydrogen (secondary N) is 1. The van der Waals surface area contributed by atoms with Crippen LogP contribution in [0.3, 0.4) is 0 Å². The van der Waals surface area contributed by atoms with E-state index >= 15 is 0 Å². The van der Waals surface area contributed by atoms with Crippen LogP contribution in [0.4, 0.5) is 8.78 Å². The van der Waals surface area contributed by atoms with Crippen molar-refractivity contribution in [1.29, 1.82) is 0 Å². The monoisotopic (exact) mass is 285 g/mol. The minimum absolute atomic E-state index is 0.0961. The van der Waals surface area contributed by atoms with E-state index in [2.05, 4.69) is 5.32 Å². The fraction of sp³-hybridized carbons (Fsp3) is 0.625. The number of halogens is 2. The molecule has 0 aromatic heterocycles. The Morgan fingerprint density at radius 3 is 2.45 bits per heavy atom. The molecule has 0 aliphatic carbocycles. The van der Waals surface area contributed by atoms with Crippen LogP contribution < -0.4 is 5.32 Å². The van der Waals surface area contributed by atoms with Gasteiger partial charge in [0.05, 0.1) is 12.1 Å². The second-order valence-electron chi connectivity index (χ2n) is 4.93. The molecule has 0 bridgehead atoms. The molecule has 114 valence electrons. The molecule has 20 heavy (non-hydrogen) atoms. The maximum absolute atomic E-state index is 14.3. The van der Waals surface area contributed by atoms with E-state index in [1.54, 1.807) is 6.92 Å². The number of rotatable bonds is 8. The number of benzene rings is 1. The standard InChI is InChI=1S/C16H25F2NO/c1-5-10-19-16(13(6-2)20-7-3)14-12(17)9-8-11(4)15(14)18/h8-9,13,16,19H,5-7,10H2,1-4H3. The SMILES string of the molecule is CCCNC(c1c(F)ccc(C)c1F)C(CC)OCC. The first-order valence-electron chi connectivity index (χ1n) is 7.36. The highest BCUT2D eigenvalue weighted by Crippen LogP contribution is 2.28. The van der Waals surface area contributed by atoms with Crippen molar-refractivity contribution < 1.29 is 13.5 Å². The van der Waals surface area contributed by atoms with Gasteiger partial charge in [0.15, 0.2) is 0 Å². The Bertz CT molecular complexity index is 423. The second kappa shape index (κ2) is 8.32. The molecule has 0 aliphatic heterocycles. The van der Waals surface area contributed by atoms with E-state index in [1.807, 2.05) is 20.8 Å². The molecule has 0 heterocycles. The predicted molar refractivity (Wildman–Crippen MR) is 77.8 cm³/mol. The Hall–Kier alpha value is -1.00. The van der Waals surface area contributed by atoms with Gasteiger partial charge in [0, 0.05) is 12.2 Å². The molecule has 0 radical (unpaired) electrons. The van der Waals surface area contributed by atoms with Crippen LogP contribution in [0.25, 0.3) is 0 Å². The lowest BCUT2D eigenvalue weighted by molar-refractivity contribution is 0.0295. The van der Waals surface area contributed by atoms with E-state index in [4.69, 9.17) is 4.74 Å². The number of hydrogen-bond donors (Lipinski definition) is 1. The maximum atomic E-state index is 14.3. The Labute approximate surface area is 120 Å². The highest BCUT2D eigenvalue weighted by Gasteiger charge is 2.28. The zero-order valence-corrected chi connectivity index (χ0v) is 12.8. The molecular weight excluding hydrogens is 260 g/mol. The van der Waals surface area contributed by atoms with Gasteiger partial charge in [0.2, 0.25) is 0 Å². The molecule has 2 unspecified atom stereocenters. The summed E-state index contributed by atoms with van der Waals surface area (Å²) in [6, 6.07) is 2.33. The van der Waals surface area contributed by atoms with Gasteiger partial charge in [-0.05, 0) is 44.9 Å². The fourth-order valence-corrected chi connectivity index (χ4v) is 2.35. The van der Waals surface area contributed by atoms with E-state index in [-0.39, 0.29) is 11.7 Å². The molecule has 1 N–H and O–H groups in total. The molecule has 0 saturated carbocycles. The van der Waals surface area contributed by atoms with Crippen LogP contribution in [0, 0.1) is 18.6 Å².